The number of rotatable bonds is 3. The molecule has 1 aliphatic heterocycles. The van der Waals surface area contributed by atoms with Gasteiger partial charge in [-0.25, -0.2) is 4.98 Å². The van der Waals surface area contributed by atoms with E-state index in [1.807, 2.05) is 58.8 Å². The van der Waals surface area contributed by atoms with E-state index in [-0.39, 0.29) is 11.2 Å². The number of thiophene rings is 1. The Balaban J connectivity index is 1.29. The maximum absolute atomic E-state index is 13.1. The lowest BCUT2D eigenvalue weighted by molar-refractivity contribution is -0.127. The van der Waals surface area contributed by atoms with Crippen LogP contribution in [0.5, 0.6) is 0 Å². The van der Waals surface area contributed by atoms with Crippen molar-refractivity contribution >= 4 is 50.5 Å². The number of nitrogens with zero attached hydrogens (tertiary/aromatic N) is 4. The minimum atomic E-state index is 0.0564. The molecule has 0 N–H and O–H groups in total. The van der Waals surface area contributed by atoms with Gasteiger partial charge in [0, 0.05) is 43.7 Å². The van der Waals surface area contributed by atoms with Crippen LogP contribution in [0.3, 0.4) is 0 Å². The van der Waals surface area contributed by atoms with Gasteiger partial charge >= 0.3 is 0 Å². The summed E-state index contributed by atoms with van der Waals surface area (Å²) in [6.07, 6.45) is 4.32. The van der Waals surface area contributed by atoms with Crippen LogP contribution in [-0.2, 0) is 4.79 Å². The third kappa shape index (κ3) is 4.07. The van der Waals surface area contributed by atoms with Gasteiger partial charge in [0.05, 0.1) is 5.39 Å². The number of amides is 1. The van der Waals surface area contributed by atoms with E-state index in [1.165, 1.54) is 0 Å². The lowest BCUT2D eigenvalue weighted by Gasteiger charge is -2.36. The van der Waals surface area contributed by atoms with Crippen LogP contribution in [0.25, 0.3) is 15.8 Å². The fourth-order valence-corrected chi connectivity index (χ4v) is 4.81. The molecule has 2 aliphatic rings. The molecule has 1 aliphatic carbocycles. The Morgan fingerprint density at radius 2 is 1.84 bits per heavy atom. The summed E-state index contributed by atoms with van der Waals surface area (Å²) < 4.78 is 0. The van der Waals surface area contributed by atoms with Crippen molar-refractivity contribution in [2.24, 2.45) is 0 Å². The SMILES string of the molecule is O=C(C1=CC=C(c2ccccc2)C#CC1)N1CCN(c2nc(Cl)nc3sccc23)CC1. The summed E-state index contributed by atoms with van der Waals surface area (Å²) >= 11 is 7.67. The normalized spacial score (nSPS) is 16.3. The number of aromatic nitrogens is 2. The molecule has 31 heavy (non-hydrogen) atoms. The van der Waals surface area contributed by atoms with Crippen molar-refractivity contribution in [3.63, 3.8) is 0 Å². The molecule has 0 radical (unpaired) electrons. The molecule has 154 valence electrons. The molecular formula is C24H19ClN4OS. The Labute approximate surface area is 189 Å². The molecule has 5 rings (SSSR count). The smallest absolute Gasteiger partial charge is 0.250 e. The zero-order valence-electron chi connectivity index (χ0n) is 16.7. The number of hydrogen-bond acceptors (Lipinski definition) is 5. The van der Waals surface area contributed by atoms with Crippen LogP contribution in [0.15, 0.2) is 59.5 Å². The maximum Gasteiger partial charge on any atom is 0.250 e. The molecule has 7 heteroatoms. The van der Waals surface area contributed by atoms with Crippen LogP contribution in [0.1, 0.15) is 12.0 Å². The van der Waals surface area contributed by atoms with E-state index in [0.29, 0.717) is 32.6 Å². The Hall–Kier alpha value is -3.14. The summed E-state index contributed by atoms with van der Waals surface area (Å²) in [6, 6.07) is 12.1. The van der Waals surface area contributed by atoms with E-state index in [0.717, 1.165) is 32.7 Å². The molecule has 0 atom stereocenters. The Morgan fingerprint density at radius 3 is 2.65 bits per heavy atom. The number of halogens is 1. The van der Waals surface area contributed by atoms with Crippen molar-refractivity contribution < 1.29 is 4.79 Å². The second kappa shape index (κ2) is 8.54. The van der Waals surface area contributed by atoms with Crippen LogP contribution in [-0.4, -0.2) is 47.0 Å². The third-order valence-electron chi connectivity index (χ3n) is 5.46. The molecule has 3 heterocycles. The molecule has 1 amide bonds. The third-order valence-corrected chi connectivity index (χ3v) is 6.43. The maximum atomic E-state index is 13.1. The predicted molar refractivity (Wildman–Crippen MR) is 126 cm³/mol. The zero-order chi connectivity index (χ0) is 21.2. The van der Waals surface area contributed by atoms with Gasteiger partial charge < -0.3 is 9.80 Å². The Kier molecular flexibility index (Phi) is 5.46. The van der Waals surface area contributed by atoms with E-state index in [9.17, 15) is 4.79 Å². The van der Waals surface area contributed by atoms with Crippen molar-refractivity contribution in [1.82, 2.24) is 14.9 Å². The lowest BCUT2D eigenvalue weighted by atomic mass is 10.1. The van der Waals surface area contributed by atoms with Crippen LogP contribution in [0.4, 0.5) is 5.82 Å². The number of allylic oxidation sites excluding steroid dienone is 3. The van der Waals surface area contributed by atoms with Gasteiger partial charge in [-0.3, -0.25) is 4.79 Å². The largest absolute Gasteiger partial charge is 0.352 e. The minimum absolute atomic E-state index is 0.0564. The van der Waals surface area contributed by atoms with E-state index >= 15 is 0 Å². The lowest BCUT2D eigenvalue weighted by Crippen LogP contribution is -2.49. The number of piperazine rings is 1. The van der Waals surface area contributed by atoms with Gasteiger partial charge in [0.1, 0.15) is 10.6 Å². The molecule has 3 aromatic rings. The molecule has 1 fully saturated rings. The second-order valence-corrected chi connectivity index (χ2v) is 8.58. The van der Waals surface area contributed by atoms with Crippen LogP contribution >= 0.6 is 22.9 Å². The van der Waals surface area contributed by atoms with E-state index in [1.54, 1.807) is 11.3 Å². The number of carbonyl (C=O) groups is 1. The molecule has 0 unspecified atom stereocenters. The number of hydrogen-bond donors (Lipinski definition) is 0. The summed E-state index contributed by atoms with van der Waals surface area (Å²) in [5.41, 5.74) is 2.74. The van der Waals surface area contributed by atoms with Gasteiger partial charge in [0.15, 0.2) is 0 Å². The van der Waals surface area contributed by atoms with Gasteiger partial charge in [0.2, 0.25) is 5.28 Å². The fraction of sp³-hybridized carbons (Fsp3) is 0.208. The highest BCUT2D eigenvalue weighted by atomic mass is 35.5. The molecule has 5 nitrogen and oxygen atoms in total. The van der Waals surface area contributed by atoms with E-state index in [2.05, 4.69) is 26.7 Å². The monoisotopic (exact) mass is 446 g/mol. The first kappa shape index (κ1) is 19.8. The number of benzene rings is 1. The van der Waals surface area contributed by atoms with Crippen molar-refractivity contribution in [3.05, 3.63) is 70.4 Å². The van der Waals surface area contributed by atoms with E-state index < -0.39 is 0 Å². The summed E-state index contributed by atoms with van der Waals surface area (Å²) in [5.74, 6) is 7.24. The van der Waals surface area contributed by atoms with Gasteiger partial charge in [-0.15, -0.1) is 11.3 Å². The molecule has 0 saturated carbocycles. The molecule has 1 aromatic carbocycles. The Bertz CT molecular complexity index is 1260. The Morgan fingerprint density at radius 1 is 1.03 bits per heavy atom. The first-order valence-electron chi connectivity index (χ1n) is 10.1. The molecule has 2 aromatic heterocycles. The average molecular weight is 447 g/mol. The fourth-order valence-electron chi connectivity index (χ4n) is 3.83. The highest BCUT2D eigenvalue weighted by Gasteiger charge is 2.25. The van der Waals surface area contributed by atoms with Crippen molar-refractivity contribution in [2.75, 3.05) is 31.1 Å². The molecule has 0 spiro atoms. The molecular weight excluding hydrogens is 428 g/mol. The summed E-state index contributed by atoms with van der Waals surface area (Å²) in [7, 11) is 0. The first-order chi connectivity index (χ1) is 15.2. The average Bonchev–Trinajstić information content (AvgIpc) is 3.14. The summed E-state index contributed by atoms with van der Waals surface area (Å²) in [5, 5.41) is 3.26. The second-order valence-electron chi connectivity index (χ2n) is 7.35. The van der Waals surface area contributed by atoms with Crippen LogP contribution < -0.4 is 4.90 Å². The highest BCUT2D eigenvalue weighted by molar-refractivity contribution is 7.16. The van der Waals surface area contributed by atoms with Crippen LogP contribution in [0.2, 0.25) is 5.28 Å². The number of fused-ring (bicyclic) bond motifs is 1. The number of carbonyl (C=O) groups excluding carboxylic acids is 1. The van der Waals surface area contributed by atoms with Gasteiger partial charge in [-0.05, 0) is 34.7 Å². The summed E-state index contributed by atoms with van der Waals surface area (Å²) in [4.78, 5) is 26.8. The molecule has 0 bridgehead atoms. The summed E-state index contributed by atoms with van der Waals surface area (Å²) in [6.45, 7) is 2.67. The number of anilines is 1. The van der Waals surface area contributed by atoms with Gasteiger partial charge in [0.25, 0.3) is 5.91 Å². The standard InChI is InChI=1S/C24H19ClN4OS/c25-24-26-21(20-11-16-31-22(20)27-24)28-12-14-29(15-13-28)23(30)19-8-4-7-18(9-10-19)17-5-2-1-3-6-17/h1-3,5-6,9-11,16H,8,12-15H2. The van der Waals surface area contributed by atoms with Gasteiger partial charge in [-0.1, -0.05) is 48.2 Å². The van der Waals surface area contributed by atoms with Crippen molar-refractivity contribution in [3.8, 4) is 11.8 Å². The van der Waals surface area contributed by atoms with Gasteiger partial charge in [-0.2, -0.15) is 4.98 Å². The highest BCUT2D eigenvalue weighted by Crippen LogP contribution is 2.30. The van der Waals surface area contributed by atoms with Crippen molar-refractivity contribution in [1.29, 1.82) is 0 Å². The van der Waals surface area contributed by atoms with E-state index in [4.69, 9.17) is 11.6 Å². The minimum Gasteiger partial charge on any atom is -0.352 e. The quantitative estimate of drug-likeness (QED) is 0.441. The predicted octanol–water partition coefficient (Wildman–Crippen LogP) is 4.41. The molecule has 1 saturated heterocycles. The topological polar surface area (TPSA) is 49.3 Å². The van der Waals surface area contributed by atoms with Crippen molar-refractivity contribution in [2.45, 2.75) is 6.42 Å². The zero-order valence-corrected chi connectivity index (χ0v) is 18.3. The van der Waals surface area contributed by atoms with Crippen LogP contribution in [0, 0.1) is 11.8 Å². The first-order valence-corrected chi connectivity index (χ1v) is 11.3.